The van der Waals surface area contributed by atoms with Crippen molar-refractivity contribution in [2.45, 2.75) is 33.8 Å². The summed E-state index contributed by atoms with van der Waals surface area (Å²) in [5.41, 5.74) is 2.23. The maximum atomic E-state index is 5.32. The molecule has 0 aromatic carbocycles. The van der Waals surface area contributed by atoms with Gasteiger partial charge in [-0.05, 0) is 19.4 Å². The molecule has 0 saturated heterocycles. The molecular formula is C13H22NORu. The van der Waals surface area contributed by atoms with E-state index in [-0.39, 0.29) is 25.6 Å². The first-order chi connectivity index (χ1) is 7.33. The van der Waals surface area contributed by atoms with E-state index in [0.29, 0.717) is 0 Å². The second-order valence-electron chi connectivity index (χ2n) is 2.91. The Kier molecular flexibility index (Phi) is 12.5. The Morgan fingerprint density at radius 2 is 1.75 bits per heavy atom. The van der Waals surface area contributed by atoms with Crippen LogP contribution in [-0.4, -0.2) is 19.8 Å². The Bertz CT molecular complexity index is 257. The summed E-state index contributed by atoms with van der Waals surface area (Å²) in [6, 6.07) is 0. The predicted octanol–water partition coefficient (Wildman–Crippen LogP) is 3.82. The van der Waals surface area contributed by atoms with Crippen LogP contribution in [0.2, 0.25) is 0 Å². The van der Waals surface area contributed by atoms with E-state index in [1.54, 1.807) is 7.11 Å². The molecule has 0 N–H and O–H groups in total. The fourth-order valence-corrected chi connectivity index (χ4v) is 1.42. The number of hydrogen-bond acceptors (Lipinski definition) is 1. The van der Waals surface area contributed by atoms with E-state index >= 15 is 0 Å². The molecule has 1 heterocycles. The van der Waals surface area contributed by atoms with Gasteiger partial charge in [0.05, 0.1) is 6.10 Å². The van der Waals surface area contributed by atoms with Gasteiger partial charge in [-0.2, -0.15) is 0 Å². The molecule has 1 aliphatic rings. The minimum atomic E-state index is 0. The van der Waals surface area contributed by atoms with Gasteiger partial charge < -0.3 is 10.1 Å². The number of methoxy groups -OCH3 is 1. The van der Waals surface area contributed by atoms with E-state index in [1.807, 2.05) is 45.9 Å². The third-order valence-electron chi connectivity index (χ3n) is 2.03. The molecule has 1 rings (SSSR count). The summed E-state index contributed by atoms with van der Waals surface area (Å²) in [5, 5.41) is 4.39. The molecule has 93 valence electrons. The van der Waals surface area contributed by atoms with Crippen molar-refractivity contribution in [1.82, 2.24) is 0 Å². The molecule has 0 aliphatic carbocycles. The predicted molar refractivity (Wildman–Crippen MR) is 67.0 cm³/mol. The monoisotopic (exact) mass is 310 g/mol. The molecule has 3 heteroatoms. The smallest absolute Gasteiger partial charge is 0.682 e. The van der Waals surface area contributed by atoms with Gasteiger partial charge >= 0.3 is 19.5 Å². The normalized spacial score (nSPS) is 19.4. The van der Waals surface area contributed by atoms with E-state index in [4.69, 9.17) is 4.74 Å². The molecule has 16 heavy (non-hydrogen) atoms. The van der Waals surface area contributed by atoms with Crippen LogP contribution in [0.5, 0.6) is 0 Å². The largest absolute Gasteiger partial charge is 1.00 e. The molecule has 0 bridgehead atoms. The summed E-state index contributed by atoms with van der Waals surface area (Å²) in [6.45, 7) is 8.75. The second kappa shape index (κ2) is 11.1. The van der Waals surface area contributed by atoms with E-state index in [0.717, 1.165) is 12.2 Å². The molecule has 0 aromatic heterocycles. The first kappa shape index (κ1) is 18.0. The first-order valence-electron chi connectivity index (χ1n) is 5.53. The van der Waals surface area contributed by atoms with Crippen LogP contribution in [0.25, 0.3) is 5.32 Å². The summed E-state index contributed by atoms with van der Waals surface area (Å²) in [4.78, 5) is 0. The molecule has 1 radical (unpaired) electrons. The van der Waals surface area contributed by atoms with E-state index < -0.39 is 0 Å². The first-order valence-corrected chi connectivity index (χ1v) is 5.53. The quantitative estimate of drug-likeness (QED) is 0.727. The Balaban J connectivity index is 0. The van der Waals surface area contributed by atoms with Crippen molar-refractivity contribution in [3.63, 3.8) is 0 Å². The molecule has 0 aromatic rings. The van der Waals surface area contributed by atoms with Crippen molar-refractivity contribution >= 4 is 0 Å². The number of nitrogens with zero attached hydrogens (tertiary/aromatic N) is 1. The van der Waals surface area contributed by atoms with Gasteiger partial charge in [-0.1, -0.05) is 44.7 Å². The Hall–Kier alpha value is -0.397. The number of ether oxygens (including phenoxy) is 1. The summed E-state index contributed by atoms with van der Waals surface area (Å²) in [7, 11) is 1.72. The topological polar surface area (TPSA) is 23.3 Å². The molecule has 2 nitrogen and oxygen atoms in total. The van der Waals surface area contributed by atoms with Crippen LogP contribution in [0.3, 0.4) is 0 Å². The van der Waals surface area contributed by atoms with Gasteiger partial charge in [-0.15, -0.1) is 5.70 Å². The summed E-state index contributed by atoms with van der Waals surface area (Å²) in [6.07, 6.45) is 8.25. The Morgan fingerprint density at radius 1 is 1.19 bits per heavy atom. The summed E-state index contributed by atoms with van der Waals surface area (Å²) < 4.78 is 5.32. The van der Waals surface area contributed by atoms with Gasteiger partial charge in [0.1, 0.15) is 0 Å². The number of rotatable bonds is 3. The van der Waals surface area contributed by atoms with Gasteiger partial charge in [0, 0.05) is 7.11 Å². The zero-order valence-corrected chi connectivity index (χ0v) is 12.5. The van der Waals surface area contributed by atoms with Crippen LogP contribution in [0.1, 0.15) is 27.7 Å². The maximum absolute atomic E-state index is 5.32. The fraction of sp³-hybridized carbons (Fsp3) is 0.538. The summed E-state index contributed by atoms with van der Waals surface area (Å²) in [5.74, 6) is 0. The van der Waals surface area contributed by atoms with E-state index in [1.165, 1.54) is 5.57 Å². The average Bonchev–Trinajstić information content (AvgIpc) is 2.65. The van der Waals surface area contributed by atoms with Crippen LogP contribution < -0.4 is 0 Å². The molecule has 0 spiro atoms. The van der Waals surface area contributed by atoms with Crippen molar-refractivity contribution in [2.24, 2.45) is 0 Å². The second-order valence-corrected chi connectivity index (χ2v) is 2.91. The van der Waals surface area contributed by atoms with Crippen LogP contribution in [-0.2, 0) is 24.2 Å². The number of allylic oxidation sites excluding steroid dienone is 3. The van der Waals surface area contributed by atoms with Crippen LogP contribution >= 0.6 is 0 Å². The Labute approximate surface area is 113 Å². The van der Waals surface area contributed by atoms with Crippen LogP contribution in [0, 0.1) is 0 Å². The van der Waals surface area contributed by atoms with Crippen LogP contribution in [0.15, 0.2) is 35.6 Å². The van der Waals surface area contributed by atoms with E-state index in [9.17, 15) is 0 Å². The minimum Gasteiger partial charge on any atom is -0.682 e. The van der Waals surface area contributed by atoms with Crippen molar-refractivity contribution in [3.8, 4) is 0 Å². The van der Waals surface area contributed by atoms with Gasteiger partial charge in [0.2, 0.25) is 0 Å². The fourth-order valence-electron chi connectivity index (χ4n) is 1.42. The summed E-state index contributed by atoms with van der Waals surface area (Å²) >= 11 is 0. The Morgan fingerprint density at radius 3 is 2.19 bits per heavy atom. The molecular weight excluding hydrogens is 287 g/mol. The molecule has 0 amide bonds. The zero-order chi connectivity index (χ0) is 11.7. The third-order valence-corrected chi connectivity index (χ3v) is 2.03. The SMILES string of the molecule is C/C=C\C1=C(/C=C\C)C(OC)C[N-]1.CC.[Ru+]. The zero-order valence-electron chi connectivity index (χ0n) is 10.8. The van der Waals surface area contributed by atoms with Crippen molar-refractivity contribution in [3.05, 3.63) is 40.9 Å². The van der Waals surface area contributed by atoms with E-state index in [2.05, 4.69) is 11.4 Å². The molecule has 1 unspecified atom stereocenters. The number of hydrogen-bond donors (Lipinski definition) is 0. The van der Waals surface area contributed by atoms with Crippen molar-refractivity contribution in [2.75, 3.05) is 13.7 Å². The molecule has 1 aliphatic heterocycles. The molecule has 0 saturated carbocycles. The molecule has 1 atom stereocenters. The van der Waals surface area contributed by atoms with Gasteiger partial charge in [-0.3, -0.25) is 0 Å². The molecule has 0 fully saturated rings. The minimum absolute atomic E-state index is 0. The third kappa shape index (κ3) is 5.09. The van der Waals surface area contributed by atoms with Gasteiger partial charge in [-0.25, -0.2) is 0 Å². The average molecular weight is 309 g/mol. The van der Waals surface area contributed by atoms with Gasteiger partial charge in [0.25, 0.3) is 0 Å². The standard InChI is InChI=1S/C11H16NO.C2H6.Ru/c1-4-6-9-10(7-5-2)12-8-11(9)13-3;1-2;/h4-7,11H,8H2,1-3H3;1-2H3;/q-1;;+1/b6-4-,7-5-;;. The van der Waals surface area contributed by atoms with Crippen LogP contribution in [0.4, 0.5) is 0 Å². The van der Waals surface area contributed by atoms with Gasteiger partial charge in [0.15, 0.2) is 0 Å². The van der Waals surface area contributed by atoms with Crippen molar-refractivity contribution < 1.29 is 24.2 Å². The van der Waals surface area contributed by atoms with Crippen molar-refractivity contribution in [1.29, 1.82) is 0 Å². The maximum Gasteiger partial charge on any atom is 1.00 e.